The largest absolute Gasteiger partial charge is 0.497 e. The van der Waals surface area contributed by atoms with E-state index in [1.54, 1.807) is 7.11 Å². The molecule has 1 saturated carbocycles. The molecule has 1 aromatic rings. The van der Waals surface area contributed by atoms with E-state index in [4.69, 9.17) is 9.47 Å². The fourth-order valence-electron chi connectivity index (χ4n) is 2.62. The Morgan fingerprint density at radius 3 is 2.47 bits per heavy atom. The van der Waals surface area contributed by atoms with Gasteiger partial charge in [0.25, 0.3) is 0 Å². The summed E-state index contributed by atoms with van der Waals surface area (Å²) in [5.74, 6) is 1.50. The zero-order chi connectivity index (χ0) is 13.5. The molecule has 0 radical (unpaired) electrons. The van der Waals surface area contributed by atoms with Crippen molar-refractivity contribution in [1.82, 2.24) is 0 Å². The lowest BCUT2D eigenvalue weighted by Crippen LogP contribution is -2.16. The molecule has 0 spiro atoms. The molecule has 3 nitrogen and oxygen atoms in total. The number of methoxy groups -OCH3 is 1. The first-order valence-corrected chi connectivity index (χ1v) is 7.19. The summed E-state index contributed by atoms with van der Waals surface area (Å²) in [6.45, 7) is 1.16. The van der Waals surface area contributed by atoms with Gasteiger partial charge in [0.05, 0.1) is 13.7 Å². The van der Waals surface area contributed by atoms with Gasteiger partial charge in [-0.3, -0.25) is 0 Å². The van der Waals surface area contributed by atoms with Crippen LogP contribution in [-0.4, -0.2) is 25.4 Å². The molecule has 1 unspecified atom stereocenters. The van der Waals surface area contributed by atoms with Crippen molar-refractivity contribution in [3.63, 3.8) is 0 Å². The van der Waals surface area contributed by atoms with E-state index in [0.717, 1.165) is 17.9 Å². The lowest BCUT2D eigenvalue weighted by atomic mass is 9.90. The van der Waals surface area contributed by atoms with E-state index in [1.165, 1.54) is 32.1 Å². The second-order valence-electron chi connectivity index (χ2n) is 5.33. The van der Waals surface area contributed by atoms with Crippen LogP contribution in [-0.2, 0) is 4.74 Å². The van der Waals surface area contributed by atoms with E-state index >= 15 is 0 Å². The van der Waals surface area contributed by atoms with Crippen LogP contribution in [0.25, 0.3) is 0 Å². The van der Waals surface area contributed by atoms with Crippen molar-refractivity contribution < 1.29 is 14.6 Å². The van der Waals surface area contributed by atoms with E-state index in [0.29, 0.717) is 12.5 Å². The smallest absolute Gasteiger partial charge is 0.118 e. The first-order chi connectivity index (χ1) is 9.29. The van der Waals surface area contributed by atoms with Gasteiger partial charge in [0.2, 0.25) is 0 Å². The summed E-state index contributed by atoms with van der Waals surface area (Å²) < 4.78 is 10.8. The van der Waals surface area contributed by atoms with Gasteiger partial charge in [-0.25, -0.2) is 0 Å². The molecular formula is C16H24O3. The molecule has 3 heteroatoms. The summed E-state index contributed by atoms with van der Waals surface area (Å²) in [6, 6.07) is 7.49. The molecule has 1 atom stereocenters. The quantitative estimate of drug-likeness (QED) is 0.856. The van der Waals surface area contributed by atoms with Crippen LogP contribution in [0, 0.1) is 5.92 Å². The zero-order valence-corrected chi connectivity index (χ0v) is 11.7. The molecule has 1 fully saturated rings. The van der Waals surface area contributed by atoms with Gasteiger partial charge in [0, 0.05) is 6.61 Å². The van der Waals surface area contributed by atoms with Crippen molar-refractivity contribution in [2.45, 2.75) is 38.2 Å². The summed E-state index contributed by atoms with van der Waals surface area (Å²) in [5, 5.41) is 10.0. The molecule has 0 amide bonds. The Morgan fingerprint density at radius 2 is 1.84 bits per heavy atom. The summed E-state index contributed by atoms with van der Waals surface area (Å²) in [5.41, 5.74) is 0.879. The van der Waals surface area contributed by atoms with Crippen molar-refractivity contribution in [3.05, 3.63) is 29.8 Å². The highest BCUT2D eigenvalue weighted by atomic mass is 16.5. The average Bonchev–Trinajstić information content (AvgIpc) is 2.48. The fourth-order valence-corrected chi connectivity index (χ4v) is 2.62. The molecule has 2 rings (SSSR count). The Morgan fingerprint density at radius 1 is 1.16 bits per heavy atom. The standard InChI is InChI=1S/C16H24O3/c1-18-15-9-7-14(8-10-15)16(17)12-19-11-13-5-3-2-4-6-13/h7-10,13,16-17H,2-6,11-12H2,1H3. The van der Waals surface area contributed by atoms with Crippen molar-refractivity contribution in [3.8, 4) is 5.75 Å². The van der Waals surface area contributed by atoms with Gasteiger partial charge >= 0.3 is 0 Å². The minimum atomic E-state index is -0.547. The van der Waals surface area contributed by atoms with Gasteiger partial charge in [-0.2, -0.15) is 0 Å². The third-order valence-corrected chi connectivity index (χ3v) is 3.85. The van der Waals surface area contributed by atoms with E-state index < -0.39 is 6.10 Å². The van der Waals surface area contributed by atoms with Gasteiger partial charge in [-0.15, -0.1) is 0 Å². The minimum absolute atomic E-state index is 0.378. The Labute approximate surface area is 115 Å². The molecule has 1 aliphatic carbocycles. The first-order valence-electron chi connectivity index (χ1n) is 7.19. The van der Waals surface area contributed by atoms with Gasteiger partial charge in [0.15, 0.2) is 0 Å². The average molecular weight is 264 g/mol. The molecule has 1 N–H and O–H groups in total. The minimum Gasteiger partial charge on any atom is -0.497 e. The number of benzene rings is 1. The summed E-state index contributed by atoms with van der Waals surface area (Å²) in [7, 11) is 1.64. The normalized spacial score (nSPS) is 18.2. The molecule has 0 bridgehead atoms. The lowest BCUT2D eigenvalue weighted by Gasteiger charge is -2.22. The number of aliphatic hydroxyl groups is 1. The molecule has 0 heterocycles. The highest BCUT2D eigenvalue weighted by molar-refractivity contribution is 5.28. The van der Waals surface area contributed by atoms with Crippen LogP contribution in [0.15, 0.2) is 24.3 Å². The summed E-state index contributed by atoms with van der Waals surface area (Å²) in [4.78, 5) is 0. The fraction of sp³-hybridized carbons (Fsp3) is 0.625. The Hall–Kier alpha value is -1.06. The van der Waals surface area contributed by atoms with E-state index in [1.807, 2.05) is 24.3 Å². The number of rotatable bonds is 6. The maximum atomic E-state index is 10.0. The van der Waals surface area contributed by atoms with Gasteiger partial charge < -0.3 is 14.6 Å². The maximum Gasteiger partial charge on any atom is 0.118 e. The highest BCUT2D eigenvalue weighted by Gasteiger charge is 2.14. The second-order valence-corrected chi connectivity index (χ2v) is 5.33. The number of hydrogen-bond acceptors (Lipinski definition) is 3. The number of ether oxygens (including phenoxy) is 2. The van der Waals surface area contributed by atoms with Crippen molar-refractivity contribution in [2.24, 2.45) is 5.92 Å². The van der Waals surface area contributed by atoms with Crippen molar-refractivity contribution >= 4 is 0 Å². The van der Waals surface area contributed by atoms with Crippen LogP contribution in [0.5, 0.6) is 5.75 Å². The predicted octanol–water partition coefficient (Wildman–Crippen LogP) is 3.33. The Kier molecular flexibility index (Phi) is 5.67. The van der Waals surface area contributed by atoms with E-state index in [9.17, 15) is 5.11 Å². The molecule has 19 heavy (non-hydrogen) atoms. The molecule has 0 saturated heterocycles. The summed E-state index contributed by atoms with van der Waals surface area (Å²) in [6.07, 6.45) is 6.03. The van der Waals surface area contributed by atoms with E-state index in [-0.39, 0.29) is 0 Å². The van der Waals surface area contributed by atoms with Crippen molar-refractivity contribution in [2.75, 3.05) is 20.3 Å². The zero-order valence-electron chi connectivity index (χ0n) is 11.7. The molecule has 1 aliphatic rings. The third-order valence-electron chi connectivity index (χ3n) is 3.85. The predicted molar refractivity (Wildman–Crippen MR) is 75.3 cm³/mol. The Bertz CT molecular complexity index is 355. The molecule has 106 valence electrons. The topological polar surface area (TPSA) is 38.7 Å². The first kappa shape index (κ1) is 14.4. The molecular weight excluding hydrogens is 240 g/mol. The number of aliphatic hydroxyl groups excluding tert-OH is 1. The SMILES string of the molecule is COc1ccc(C(O)COCC2CCCCC2)cc1. The lowest BCUT2D eigenvalue weighted by molar-refractivity contribution is 0.0146. The van der Waals surface area contributed by atoms with Crippen LogP contribution >= 0.6 is 0 Å². The highest BCUT2D eigenvalue weighted by Crippen LogP contribution is 2.24. The monoisotopic (exact) mass is 264 g/mol. The summed E-state index contributed by atoms with van der Waals surface area (Å²) >= 11 is 0. The van der Waals surface area contributed by atoms with E-state index in [2.05, 4.69) is 0 Å². The van der Waals surface area contributed by atoms with Crippen LogP contribution < -0.4 is 4.74 Å². The van der Waals surface area contributed by atoms with Crippen LogP contribution in [0.3, 0.4) is 0 Å². The molecule has 0 aromatic heterocycles. The van der Waals surface area contributed by atoms with Crippen molar-refractivity contribution in [1.29, 1.82) is 0 Å². The second kappa shape index (κ2) is 7.51. The molecule has 1 aromatic carbocycles. The van der Waals surface area contributed by atoms with Crippen LogP contribution in [0.4, 0.5) is 0 Å². The number of hydrogen-bond donors (Lipinski definition) is 1. The van der Waals surface area contributed by atoms with Gasteiger partial charge in [0.1, 0.15) is 11.9 Å². The maximum absolute atomic E-state index is 10.0. The van der Waals surface area contributed by atoms with Gasteiger partial charge in [-0.1, -0.05) is 31.4 Å². The third kappa shape index (κ3) is 4.51. The van der Waals surface area contributed by atoms with Crippen LogP contribution in [0.1, 0.15) is 43.8 Å². The molecule has 0 aliphatic heterocycles. The van der Waals surface area contributed by atoms with Crippen LogP contribution in [0.2, 0.25) is 0 Å². The Balaban J connectivity index is 1.72. The van der Waals surface area contributed by atoms with Gasteiger partial charge in [-0.05, 0) is 36.5 Å².